The molecule has 0 aromatic heterocycles. The van der Waals surface area contributed by atoms with Crippen molar-refractivity contribution in [2.75, 3.05) is 0 Å². The Morgan fingerprint density at radius 3 is 1.48 bits per heavy atom. The summed E-state index contributed by atoms with van der Waals surface area (Å²) in [5.41, 5.74) is 3.88. The van der Waals surface area contributed by atoms with Gasteiger partial charge in [-0.25, -0.2) is 0 Å². The topological polar surface area (TPSA) is 0 Å². The first-order valence-corrected chi connectivity index (χ1v) is 8.81. The standard InChI is InChI=1S/C20H16Se/c1-4-10-17(11-5-1)20(18-12-6-2-7-13-18)16-21-19-14-8-3-9-15-19/h1-16H. The van der Waals surface area contributed by atoms with E-state index in [9.17, 15) is 0 Å². The van der Waals surface area contributed by atoms with Crippen molar-refractivity contribution in [2.24, 2.45) is 0 Å². The van der Waals surface area contributed by atoms with E-state index in [1.165, 1.54) is 21.2 Å². The van der Waals surface area contributed by atoms with Gasteiger partial charge in [-0.3, -0.25) is 0 Å². The van der Waals surface area contributed by atoms with E-state index in [1.807, 2.05) is 0 Å². The Bertz CT molecular complexity index is 659. The van der Waals surface area contributed by atoms with Crippen LogP contribution in [0.15, 0.2) is 96.0 Å². The second-order valence-corrected chi connectivity index (χ2v) is 6.67. The van der Waals surface area contributed by atoms with Gasteiger partial charge in [0.1, 0.15) is 0 Å². The number of benzene rings is 3. The molecule has 0 heterocycles. The predicted octanol–water partition coefficient (Wildman–Crippen LogP) is 4.11. The second-order valence-electron chi connectivity index (χ2n) is 4.69. The molecule has 21 heavy (non-hydrogen) atoms. The third-order valence-electron chi connectivity index (χ3n) is 3.23. The zero-order chi connectivity index (χ0) is 14.3. The molecule has 0 spiro atoms. The summed E-state index contributed by atoms with van der Waals surface area (Å²) in [4.78, 5) is 2.38. The van der Waals surface area contributed by atoms with Crippen molar-refractivity contribution < 1.29 is 0 Å². The Morgan fingerprint density at radius 2 is 1.00 bits per heavy atom. The molecule has 0 fully saturated rings. The van der Waals surface area contributed by atoms with E-state index >= 15 is 0 Å². The van der Waals surface area contributed by atoms with Crippen LogP contribution in [0.2, 0.25) is 0 Å². The first-order chi connectivity index (χ1) is 10.4. The fourth-order valence-electron chi connectivity index (χ4n) is 2.16. The molecule has 0 unspecified atom stereocenters. The Kier molecular flexibility index (Phi) is 4.68. The monoisotopic (exact) mass is 336 g/mol. The molecule has 3 aromatic rings. The van der Waals surface area contributed by atoms with Crippen LogP contribution in [-0.4, -0.2) is 15.0 Å². The maximum atomic E-state index is 2.38. The van der Waals surface area contributed by atoms with Gasteiger partial charge in [-0.05, 0) is 0 Å². The molecule has 0 aliphatic carbocycles. The van der Waals surface area contributed by atoms with Gasteiger partial charge in [0.25, 0.3) is 0 Å². The van der Waals surface area contributed by atoms with E-state index in [0.717, 1.165) is 0 Å². The van der Waals surface area contributed by atoms with Gasteiger partial charge in [-0.1, -0.05) is 0 Å². The van der Waals surface area contributed by atoms with E-state index in [4.69, 9.17) is 0 Å². The van der Waals surface area contributed by atoms with Crippen LogP contribution in [0.5, 0.6) is 0 Å². The first-order valence-electron chi connectivity index (χ1n) is 6.96. The van der Waals surface area contributed by atoms with Crippen LogP contribution < -0.4 is 4.46 Å². The predicted molar refractivity (Wildman–Crippen MR) is 91.8 cm³/mol. The minimum atomic E-state index is 0.336. The molecule has 0 bridgehead atoms. The summed E-state index contributed by atoms with van der Waals surface area (Å²) < 4.78 is 1.40. The molecular formula is C20H16Se. The molecule has 3 rings (SSSR count). The first kappa shape index (κ1) is 13.9. The summed E-state index contributed by atoms with van der Waals surface area (Å²) >= 11 is 0.336. The van der Waals surface area contributed by atoms with Crippen LogP contribution >= 0.6 is 0 Å². The van der Waals surface area contributed by atoms with E-state index < -0.39 is 0 Å². The number of hydrogen-bond donors (Lipinski definition) is 0. The molecule has 0 saturated heterocycles. The van der Waals surface area contributed by atoms with Crippen molar-refractivity contribution in [3.63, 3.8) is 0 Å². The molecule has 0 aliphatic rings. The quantitative estimate of drug-likeness (QED) is 0.630. The van der Waals surface area contributed by atoms with Crippen molar-refractivity contribution in [2.45, 2.75) is 0 Å². The molecule has 0 amide bonds. The van der Waals surface area contributed by atoms with Crippen molar-refractivity contribution in [1.82, 2.24) is 0 Å². The second kappa shape index (κ2) is 7.08. The normalized spacial score (nSPS) is 10.1. The van der Waals surface area contributed by atoms with Crippen LogP contribution in [0, 0.1) is 0 Å². The molecule has 1 heteroatoms. The maximum absolute atomic E-state index is 2.38. The average Bonchev–Trinajstić information content (AvgIpc) is 2.58. The third kappa shape index (κ3) is 3.72. The molecule has 0 N–H and O–H groups in total. The van der Waals surface area contributed by atoms with Gasteiger partial charge < -0.3 is 0 Å². The fourth-order valence-corrected chi connectivity index (χ4v) is 3.93. The molecule has 102 valence electrons. The summed E-state index contributed by atoms with van der Waals surface area (Å²) in [6, 6.07) is 31.9. The summed E-state index contributed by atoms with van der Waals surface area (Å²) in [5.74, 6) is 0. The van der Waals surface area contributed by atoms with Gasteiger partial charge in [0.15, 0.2) is 0 Å². The average molecular weight is 335 g/mol. The van der Waals surface area contributed by atoms with Gasteiger partial charge in [0.2, 0.25) is 0 Å². The molecule has 0 atom stereocenters. The van der Waals surface area contributed by atoms with Crippen molar-refractivity contribution >= 4 is 25.0 Å². The third-order valence-corrected chi connectivity index (χ3v) is 5.11. The van der Waals surface area contributed by atoms with Crippen LogP contribution in [0.4, 0.5) is 0 Å². The summed E-state index contributed by atoms with van der Waals surface area (Å²) in [5, 5.41) is 0. The molecule has 0 nitrogen and oxygen atoms in total. The van der Waals surface area contributed by atoms with Gasteiger partial charge >= 0.3 is 132 Å². The van der Waals surface area contributed by atoms with Gasteiger partial charge in [-0.15, -0.1) is 0 Å². The Labute approximate surface area is 132 Å². The van der Waals surface area contributed by atoms with Crippen LogP contribution in [-0.2, 0) is 0 Å². The van der Waals surface area contributed by atoms with E-state index in [2.05, 4.69) is 96.0 Å². The van der Waals surface area contributed by atoms with E-state index in [1.54, 1.807) is 0 Å². The van der Waals surface area contributed by atoms with E-state index in [-0.39, 0.29) is 0 Å². The van der Waals surface area contributed by atoms with Crippen molar-refractivity contribution in [1.29, 1.82) is 0 Å². The van der Waals surface area contributed by atoms with Gasteiger partial charge in [0, 0.05) is 0 Å². The Hall–Kier alpha value is -2.08. The van der Waals surface area contributed by atoms with Crippen LogP contribution in [0.1, 0.15) is 11.1 Å². The van der Waals surface area contributed by atoms with E-state index in [0.29, 0.717) is 15.0 Å². The van der Waals surface area contributed by atoms with Crippen molar-refractivity contribution in [3.05, 3.63) is 107 Å². The minimum absolute atomic E-state index is 0.336. The molecule has 3 aromatic carbocycles. The number of rotatable bonds is 4. The molecular weight excluding hydrogens is 319 g/mol. The summed E-state index contributed by atoms with van der Waals surface area (Å²) in [6.07, 6.45) is 0. The Morgan fingerprint density at radius 1 is 0.571 bits per heavy atom. The zero-order valence-electron chi connectivity index (χ0n) is 11.6. The molecule has 0 saturated carbocycles. The van der Waals surface area contributed by atoms with Crippen LogP contribution in [0.25, 0.3) is 5.57 Å². The van der Waals surface area contributed by atoms with Crippen molar-refractivity contribution in [3.8, 4) is 0 Å². The summed E-state index contributed by atoms with van der Waals surface area (Å²) in [7, 11) is 0. The fraction of sp³-hybridized carbons (Fsp3) is 0. The van der Waals surface area contributed by atoms with Crippen LogP contribution in [0.3, 0.4) is 0 Å². The van der Waals surface area contributed by atoms with Gasteiger partial charge in [0.05, 0.1) is 0 Å². The SMILES string of the molecule is C([Se]c1ccccc1)=C(c1ccccc1)c1ccccc1. The molecule has 0 aliphatic heterocycles. The summed E-state index contributed by atoms with van der Waals surface area (Å²) in [6.45, 7) is 0. The Balaban J connectivity index is 1.97. The zero-order valence-corrected chi connectivity index (χ0v) is 13.4. The van der Waals surface area contributed by atoms with Gasteiger partial charge in [-0.2, -0.15) is 0 Å². The number of hydrogen-bond acceptors (Lipinski definition) is 0. The molecule has 0 radical (unpaired) electrons.